The zero-order valence-corrected chi connectivity index (χ0v) is 9.32. The van der Waals surface area contributed by atoms with Crippen LogP contribution in [-0.2, 0) is 9.59 Å². The lowest BCUT2D eigenvalue weighted by atomic mass is 9.92. The first kappa shape index (κ1) is 10.6. The molecular weight excluding hydrogens is 192 g/mol. The van der Waals surface area contributed by atoms with Crippen LogP contribution in [0.15, 0.2) is 0 Å². The molecule has 84 valence electrons. The van der Waals surface area contributed by atoms with Gasteiger partial charge in [-0.05, 0) is 18.8 Å². The molecule has 15 heavy (non-hydrogen) atoms. The zero-order valence-electron chi connectivity index (χ0n) is 9.32. The molecule has 1 unspecified atom stereocenters. The molecule has 2 amide bonds. The number of nitrogens with two attached hydrogens (primary N) is 1. The van der Waals surface area contributed by atoms with Gasteiger partial charge in [-0.1, -0.05) is 13.8 Å². The van der Waals surface area contributed by atoms with Crippen LogP contribution in [0.2, 0.25) is 0 Å². The minimum absolute atomic E-state index is 0.0215. The number of likely N-dealkylation sites (tertiary alicyclic amines) is 1. The van der Waals surface area contributed by atoms with Gasteiger partial charge in [-0.2, -0.15) is 0 Å². The lowest BCUT2D eigenvalue weighted by molar-refractivity contribution is -0.141. The minimum Gasteiger partial charge on any atom is -0.326 e. The lowest BCUT2D eigenvalue weighted by Gasteiger charge is -2.21. The van der Waals surface area contributed by atoms with Crippen LogP contribution in [0.25, 0.3) is 0 Å². The van der Waals surface area contributed by atoms with Gasteiger partial charge in [-0.25, -0.2) is 0 Å². The number of carbonyl (C=O) groups is 2. The maximum atomic E-state index is 11.9. The number of carbonyl (C=O) groups excluding carboxylic acids is 2. The van der Waals surface area contributed by atoms with E-state index in [1.807, 2.05) is 13.8 Å². The van der Waals surface area contributed by atoms with Crippen LogP contribution in [0.3, 0.4) is 0 Å². The second-order valence-electron chi connectivity index (χ2n) is 5.37. The van der Waals surface area contributed by atoms with Crippen molar-refractivity contribution in [3.8, 4) is 0 Å². The molecule has 0 spiro atoms. The number of hydrogen-bond donors (Lipinski definition) is 1. The van der Waals surface area contributed by atoms with E-state index in [1.54, 1.807) is 0 Å². The largest absolute Gasteiger partial charge is 0.326 e. The van der Waals surface area contributed by atoms with E-state index in [9.17, 15) is 9.59 Å². The maximum Gasteiger partial charge on any atom is 0.235 e. The second-order valence-corrected chi connectivity index (χ2v) is 5.37. The summed E-state index contributed by atoms with van der Waals surface area (Å²) in [6, 6.07) is -0.0215. The Balaban J connectivity index is 2.02. The topological polar surface area (TPSA) is 63.4 Å². The van der Waals surface area contributed by atoms with Crippen LogP contribution >= 0.6 is 0 Å². The highest BCUT2D eigenvalue weighted by molar-refractivity contribution is 6.05. The highest BCUT2D eigenvalue weighted by Crippen LogP contribution is 2.35. The van der Waals surface area contributed by atoms with Gasteiger partial charge in [-0.15, -0.1) is 0 Å². The molecule has 1 saturated heterocycles. The molecule has 1 saturated carbocycles. The Labute approximate surface area is 89.8 Å². The van der Waals surface area contributed by atoms with E-state index < -0.39 is 5.41 Å². The first-order valence-electron chi connectivity index (χ1n) is 5.52. The Bertz CT molecular complexity index is 308. The molecule has 2 N–H and O–H groups in total. The van der Waals surface area contributed by atoms with Crippen LogP contribution in [0.4, 0.5) is 0 Å². The number of hydrogen-bond acceptors (Lipinski definition) is 3. The monoisotopic (exact) mass is 210 g/mol. The standard InChI is InChI=1S/C11H18N2O2/c1-11(2)5-9(14)13(10(11)15)6-8(12)7-3-4-7/h7-8H,3-6,12H2,1-2H3. The summed E-state index contributed by atoms with van der Waals surface area (Å²) in [6.45, 7) is 4.04. The number of rotatable bonds is 3. The van der Waals surface area contributed by atoms with Gasteiger partial charge in [0.1, 0.15) is 0 Å². The normalized spacial score (nSPS) is 27.3. The van der Waals surface area contributed by atoms with E-state index in [2.05, 4.69) is 0 Å². The second kappa shape index (κ2) is 3.30. The van der Waals surface area contributed by atoms with E-state index in [-0.39, 0.29) is 17.9 Å². The molecule has 2 fully saturated rings. The quantitative estimate of drug-likeness (QED) is 0.690. The average molecular weight is 210 g/mol. The van der Waals surface area contributed by atoms with Crippen LogP contribution in [0.1, 0.15) is 33.1 Å². The highest BCUT2D eigenvalue weighted by Gasteiger charge is 2.46. The summed E-state index contributed by atoms with van der Waals surface area (Å²) in [7, 11) is 0. The van der Waals surface area contributed by atoms with Crippen molar-refractivity contribution in [1.29, 1.82) is 0 Å². The summed E-state index contributed by atoms with van der Waals surface area (Å²) in [5, 5.41) is 0. The molecule has 1 heterocycles. The third-order valence-electron chi connectivity index (χ3n) is 3.34. The van der Waals surface area contributed by atoms with Crippen molar-refractivity contribution < 1.29 is 9.59 Å². The Morgan fingerprint density at radius 2 is 2.07 bits per heavy atom. The molecule has 2 aliphatic rings. The molecule has 0 aromatic heterocycles. The van der Waals surface area contributed by atoms with E-state index in [1.165, 1.54) is 4.90 Å². The first-order valence-corrected chi connectivity index (χ1v) is 5.52. The van der Waals surface area contributed by atoms with E-state index in [0.29, 0.717) is 18.9 Å². The smallest absolute Gasteiger partial charge is 0.235 e. The van der Waals surface area contributed by atoms with Crippen LogP contribution in [0.5, 0.6) is 0 Å². The van der Waals surface area contributed by atoms with Crippen molar-refractivity contribution in [2.75, 3.05) is 6.54 Å². The Kier molecular flexibility index (Phi) is 2.34. The van der Waals surface area contributed by atoms with Crippen molar-refractivity contribution in [3.05, 3.63) is 0 Å². The van der Waals surface area contributed by atoms with Crippen molar-refractivity contribution in [3.63, 3.8) is 0 Å². The van der Waals surface area contributed by atoms with Gasteiger partial charge < -0.3 is 5.73 Å². The molecule has 1 atom stereocenters. The summed E-state index contributed by atoms with van der Waals surface area (Å²) < 4.78 is 0. The number of amides is 2. The van der Waals surface area contributed by atoms with E-state index in [4.69, 9.17) is 5.73 Å². The predicted octanol–water partition coefficient (Wildman–Crippen LogP) is 0.509. The molecule has 0 aromatic rings. The van der Waals surface area contributed by atoms with Gasteiger partial charge in [0.15, 0.2) is 0 Å². The zero-order chi connectivity index (χ0) is 11.2. The number of nitrogens with zero attached hydrogens (tertiary/aromatic N) is 1. The Morgan fingerprint density at radius 3 is 2.47 bits per heavy atom. The number of imide groups is 1. The average Bonchev–Trinajstić information content (AvgIpc) is 2.91. The summed E-state index contributed by atoms with van der Waals surface area (Å²) in [5.41, 5.74) is 5.40. The summed E-state index contributed by atoms with van der Waals surface area (Å²) in [6.07, 6.45) is 2.60. The van der Waals surface area contributed by atoms with E-state index >= 15 is 0 Å². The van der Waals surface area contributed by atoms with Crippen molar-refractivity contribution in [2.45, 2.75) is 39.2 Å². The van der Waals surface area contributed by atoms with Gasteiger partial charge in [0.05, 0.1) is 5.41 Å². The van der Waals surface area contributed by atoms with Crippen molar-refractivity contribution in [1.82, 2.24) is 4.90 Å². The van der Waals surface area contributed by atoms with Gasteiger partial charge >= 0.3 is 0 Å². The molecule has 1 aliphatic carbocycles. The summed E-state index contributed by atoms with van der Waals surface area (Å²) in [5.74, 6) is 0.388. The predicted molar refractivity (Wildman–Crippen MR) is 55.8 cm³/mol. The molecular formula is C11H18N2O2. The highest BCUT2D eigenvalue weighted by atomic mass is 16.2. The fraction of sp³-hybridized carbons (Fsp3) is 0.818. The molecule has 4 nitrogen and oxygen atoms in total. The molecule has 1 aliphatic heterocycles. The van der Waals surface area contributed by atoms with Gasteiger partial charge in [0.2, 0.25) is 11.8 Å². The van der Waals surface area contributed by atoms with Crippen LogP contribution in [0, 0.1) is 11.3 Å². The molecule has 0 radical (unpaired) electrons. The van der Waals surface area contributed by atoms with Gasteiger partial charge in [0, 0.05) is 19.0 Å². The molecule has 0 bridgehead atoms. The third kappa shape index (κ3) is 1.91. The molecule has 0 aromatic carbocycles. The van der Waals surface area contributed by atoms with E-state index in [0.717, 1.165) is 12.8 Å². The first-order chi connectivity index (χ1) is 6.92. The van der Waals surface area contributed by atoms with Crippen molar-refractivity contribution >= 4 is 11.8 Å². The van der Waals surface area contributed by atoms with Gasteiger partial charge in [0.25, 0.3) is 0 Å². The molecule has 4 heteroatoms. The SMILES string of the molecule is CC1(C)CC(=O)N(CC(N)C2CC2)C1=O. The molecule has 2 rings (SSSR count). The summed E-state index contributed by atoms with van der Waals surface area (Å²) in [4.78, 5) is 24.8. The fourth-order valence-corrected chi connectivity index (χ4v) is 2.10. The van der Waals surface area contributed by atoms with Crippen LogP contribution < -0.4 is 5.73 Å². The Hall–Kier alpha value is -0.900. The minimum atomic E-state index is -0.527. The van der Waals surface area contributed by atoms with Gasteiger partial charge in [-0.3, -0.25) is 14.5 Å². The summed E-state index contributed by atoms with van der Waals surface area (Å²) >= 11 is 0. The maximum absolute atomic E-state index is 11.9. The third-order valence-corrected chi connectivity index (χ3v) is 3.34. The van der Waals surface area contributed by atoms with Crippen LogP contribution in [-0.4, -0.2) is 29.3 Å². The van der Waals surface area contributed by atoms with Crippen molar-refractivity contribution in [2.24, 2.45) is 17.1 Å². The fourth-order valence-electron chi connectivity index (χ4n) is 2.10. The Morgan fingerprint density at radius 1 is 1.47 bits per heavy atom. The lowest BCUT2D eigenvalue weighted by Crippen LogP contribution is -2.43.